The van der Waals surface area contributed by atoms with Gasteiger partial charge in [0.2, 0.25) is 11.8 Å². The van der Waals surface area contributed by atoms with Crippen molar-refractivity contribution in [1.82, 2.24) is 15.1 Å². The first-order chi connectivity index (χ1) is 21.2. The summed E-state index contributed by atoms with van der Waals surface area (Å²) in [5, 5.41) is 16.6. The summed E-state index contributed by atoms with van der Waals surface area (Å²) in [6.07, 6.45) is 7.39. The van der Waals surface area contributed by atoms with Crippen molar-refractivity contribution in [3.63, 3.8) is 0 Å². The molecule has 0 saturated heterocycles. The minimum Gasteiger partial charge on any atom is -0.476 e. The van der Waals surface area contributed by atoms with Gasteiger partial charge >= 0.3 is 12.1 Å². The monoisotopic (exact) mass is 609 g/mol. The van der Waals surface area contributed by atoms with Gasteiger partial charge in [0.25, 0.3) is 0 Å². The summed E-state index contributed by atoms with van der Waals surface area (Å²) in [5.74, 6) is -1.55. The minimum atomic E-state index is -4.44. The molecule has 1 fully saturated rings. The summed E-state index contributed by atoms with van der Waals surface area (Å²) < 4.78 is 52.5. The normalized spacial score (nSPS) is 18.5. The molecule has 3 aromatic rings. The molecule has 0 spiro atoms. The fourth-order valence-corrected chi connectivity index (χ4v) is 5.48. The summed E-state index contributed by atoms with van der Waals surface area (Å²) in [7, 11) is 0. The lowest BCUT2D eigenvalue weighted by molar-refractivity contribution is -0.137. The van der Waals surface area contributed by atoms with Crippen LogP contribution in [0, 0.1) is 0 Å². The molecule has 1 aromatic heterocycles. The van der Waals surface area contributed by atoms with Crippen LogP contribution < -0.4 is 10.1 Å². The van der Waals surface area contributed by atoms with Crippen LogP contribution in [0.15, 0.2) is 78.4 Å². The number of carbonyl (C=O) groups is 2. The second kappa shape index (κ2) is 13.9. The first kappa shape index (κ1) is 31.1. The second-order valence-corrected chi connectivity index (χ2v) is 10.9. The molecule has 8 nitrogen and oxygen atoms in total. The Morgan fingerprint density at radius 3 is 2.52 bits per heavy atom. The van der Waals surface area contributed by atoms with Crippen molar-refractivity contribution in [3.8, 4) is 17.0 Å². The van der Waals surface area contributed by atoms with Gasteiger partial charge in [-0.3, -0.25) is 4.79 Å². The number of halogens is 3. The number of carbonyl (C=O) groups excluding carboxylic acids is 1. The fourth-order valence-electron chi connectivity index (χ4n) is 5.48. The lowest BCUT2D eigenvalue weighted by Gasteiger charge is -2.32. The Bertz CT molecular complexity index is 1530. The smallest absolute Gasteiger partial charge is 0.416 e. The zero-order valence-electron chi connectivity index (χ0n) is 24.1. The van der Waals surface area contributed by atoms with Crippen LogP contribution in [0.2, 0.25) is 0 Å². The lowest BCUT2D eigenvalue weighted by Crippen LogP contribution is -2.47. The molecule has 2 atom stereocenters. The molecule has 2 unspecified atom stereocenters. The number of allylic oxidation sites excluding steroid dienone is 2. The van der Waals surface area contributed by atoms with Crippen LogP contribution in [-0.2, 0) is 28.9 Å². The maximum atomic E-state index is 13.1. The molecule has 11 heteroatoms. The number of benzene rings is 2. The number of aromatic carboxylic acids is 1. The molecule has 0 radical (unpaired) electrons. The number of nitrogens with one attached hydrogen (secondary N) is 1. The standard InChI is InChI=1S/C33H34F3N3O5/c34-33(35,36)25-16-14-23(15-17-25)26-11-5-4-10-24(26)21-44-31-18-28(32(41)42)38-39(31)19-30(40)37-27-12-6-7-13-29(27)43-20-22-8-2-1-3-9-22/h2,4-5,8-11,14-18,27,29H,1,3,6-7,12-13,19-21H2,(H,37,40)(H,41,42). The topological polar surface area (TPSA) is 103 Å². The van der Waals surface area contributed by atoms with E-state index in [0.29, 0.717) is 23.3 Å². The van der Waals surface area contributed by atoms with Gasteiger partial charge in [-0.1, -0.05) is 67.5 Å². The molecule has 5 rings (SSSR count). The number of carboxylic acids is 1. The molecule has 2 aliphatic rings. The van der Waals surface area contributed by atoms with Crippen molar-refractivity contribution in [2.45, 2.75) is 70.0 Å². The average molecular weight is 610 g/mol. The molecule has 2 aliphatic carbocycles. The van der Waals surface area contributed by atoms with Gasteiger partial charge in [0, 0.05) is 6.07 Å². The van der Waals surface area contributed by atoms with Crippen LogP contribution in [0.3, 0.4) is 0 Å². The molecular formula is C33H34F3N3O5. The SMILES string of the molecule is O=C(Cn1nc(C(=O)O)cc1OCc1ccccc1-c1ccc(C(F)(F)F)cc1)NC1CCCCC1OCC1=CCCC=C1. The minimum absolute atomic E-state index is 0.0353. The molecule has 2 aromatic carbocycles. The molecule has 2 N–H and O–H groups in total. The Morgan fingerprint density at radius 1 is 1.02 bits per heavy atom. The summed E-state index contributed by atoms with van der Waals surface area (Å²) in [5.41, 5.74) is 1.99. The van der Waals surface area contributed by atoms with Crippen LogP contribution >= 0.6 is 0 Å². The van der Waals surface area contributed by atoms with Gasteiger partial charge in [0.05, 0.1) is 24.3 Å². The Labute approximate surface area is 253 Å². The quantitative estimate of drug-likeness (QED) is 0.255. The van der Waals surface area contributed by atoms with Crippen LogP contribution in [0.5, 0.6) is 5.88 Å². The number of carboxylic acid groups (broad SMARTS) is 1. The van der Waals surface area contributed by atoms with E-state index in [9.17, 15) is 27.9 Å². The van der Waals surface area contributed by atoms with Crippen LogP contribution in [-0.4, -0.2) is 45.5 Å². The summed E-state index contributed by atoms with van der Waals surface area (Å²) >= 11 is 0. The van der Waals surface area contributed by atoms with Crippen molar-refractivity contribution < 1.29 is 37.3 Å². The molecule has 0 aliphatic heterocycles. The van der Waals surface area contributed by atoms with E-state index in [4.69, 9.17) is 9.47 Å². The number of ether oxygens (including phenoxy) is 2. The summed E-state index contributed by atoms with van der Waals surface area (Å²) in [4.78, 5) is 24.8. The van der Waals surface area contributed by atoms with E-state index < -0.39 is 17.7 Å². The van der Waals surface area contributed by atoms with Crippen molar-refractivity contribution >= 4 is 11.9 Å². The largest absolute Gasteiger partial charge is 0.476 e. The highest BCUT2D eigenvalue weighted by molar-refractivity contribution is 5.86. The maximum Gasteiger partial charge on any atom is 0.416 e. The number of amides is 1. The molecule has 1 saturated carbocycles. The van der Waals surface area contributed by atoms with Crippen molar-refractivity contribution in [2.75, 3.05) is 6.61 Å². The highest BCUT2D eigenvalue weighted by Crippen LogP contribution is 2.32. The highest BCUT2D eigenvalue weighted by Gasteiger charge is 2.30. The molecule has 232 valence electrons. The average Bonchev–Trinajstić information content (AvgIpc) is 3.42. The number of hydrogen-bond donors (Lipinski definition) is 2. The second-order valence-electron chi connectivity index (χ2n) is 10.9. The van der Waals surface area contributed by atoms with E-state index in [2.05, 4.69) is 28.6 Å². The lowest BCUT2D eigenvalue weighted by atomic mass is 9.92. The number of nitrogens with zero attached hydrogens (tertiary/aromatic N) is 2. The summed E-state index contributed by atoms with van der Waals surface area (Å²) in [6.45, 7) is 0.188. The molecule has 44 heavy (non-hydrogen) atoms. The number of aromatic nitrogens is 2. The third kappa shape index (κ3) is 7.96. The zero-order chi connectivity index (χ0) is 31.1. The van der Waals surface area contributed by atoms with Gasteiger partial charge in [-0.25, -0.2) is 9.48 Å². The van der Waals surface area contributed by atoms with Crippen LogP contribution in [0.25, 0.3) is 11.1 Å². The van der Waals surface area contributed by atoms with Crippen LogP contribution in [0.1, 0.15) is 60.1 Å². The van der Waals surface area contributed by atoms with Gasteiger partial charge in [-0.2, -0.15) is 18.3 Å². The Kier molecular flexibility index (Phi) is 9.84. The number of rotatable bonds is 11. The van der Waals surface area contributed by atoms with Gasteiger partial charge in [-0.05, 0) is 60.1 Å². The van der Waals surface area contributed by atoms with Gasteiger partial charge in [0.1, 0.15) is 13.2 Å². The fraction of sp³-hybridized carbons (Fsp3) is 0.364. The molecule has 1 heterocycles. The van der Waals surface area contributed by atoms with E-state index in [1.165, 1.54) is 22.9 Å². The Balaban J connectivity index is 1.26. The number of hydrogen-bond acceptors (Lipinski definition) is 5. The van der Waals surface area contributed by atoms with E-state index in [-0.39, 0.29) is 42.8 Å². The van der Waals surface area contributed by atoms with Crippen molar-refractivity contribution in [1.29, 1.82) is 0 Å². The van der Waals surface area contributed by atoms with Gasteiger partial charge < -0.3 is 19.9 Å². The molecule has 1 amide bonds. The zero-order valence-corrected chi connectivity index (χ0v) is 24.1. The molecule has 0 bridgehead atoms. The Morgan fingerprint density at radius 2 is 1.80 bits per heavy atom. The Hall–Kier alpha value is -4.38. The van der Waals surface area contributed by atoms with Gasteiger partial charge in [-0.15, -0.1) is 0 Å². The first-order valence-electron chi connectivity index (χ1n) is 14.6. The van der Waals surface area contributed by atoms with E-state index in [0.717, 1.165) is 56.2 Å². The number of alkyl halides is 3. The van der Waals surface area contributed by atoms with Gasteiger partial charge in [0.15, 0.2) is 5.69 Å². The third-order valence-corrected chi connectivity index (χ3v) is 7.76. The third-order valence-electron chi connectivity index (χ3n) is 7.76. The van der Waals surface area contributed by atoms with E-state index in [1.807, 2.05) is 0 Å². The molecular weight excluding hydrogens is 575 g/mol. The van der Waals surface area contributed by atoms with Crippen LogP contribution in [0.4, 0.5) is 13.2 Å². The summed E-state index contributed by atoms with van der Waals surface area (Å²) in [6, 6.07) is 12.9. The first-order valence-corrected chi connectivity index (χ1v) is 14.6. The highest BCUT2D eigenvalue weighted by atomic mass is 19.4. The predicted octanol–water partition coefficient (Wildman–Crippen LogP) is 6.57. The van der Waals surface area contributed by atoms with Crippen molar-refractivity contribution in [2.24, 2.45) is 0 Å². The van der Waals surface area contributed by atoms with E-state index >= 15 is 0 Å². The van der Waals surface area contributed by atoms with E-state index in [1.54, 1.807) is 24.3 Å². The van der Waals surface area contributed by atoms with Crippen molar-refractivity contribution in [3.05, 3.63) is 95.2 Å². The predicted molar refractivity (Wildman–Crippen MR) is 157 cm³/mol. The maximum absolute atomic E-state index is 13.1.